The molecule has 2 heterocycles. The van der Waals surface area contributed by atoms with E-state index in [0.717, 1.165) is 0 Å². The van der Waals surface area contributed by atoms with E-state index >= 15 is 0 Å². The van der Waals surface area contributed by atoms with E-state index in [4.69, 9.17) is 14.9 Å². The van der Waals surface area contributed by atoms with Gasteiger partial charge in [0.05, 0.1) is 46.4 Å². The van der Waals surface area contributed by atoms with Crippen molar-refractivity contribution in [1.29, 1.82) is 0 Å². The zero-order chi connectivity index (χ0) is 43.6. The number of pyridine rings is 1. The number of ether oxygens (including phenoxy) is 1. The number of nitrogens with zero attached hydrogens (tertiary/aromatic N) is 2. The highest BCUT2D eigenvalue weighted by Crippen LogP contribution is 2.38. The van der Waals surface area contributed by atoms with Crippen LogP contribution in [0.3, 0.4) is 0 Å². The molecule has 6 N–H and O–H groups in total. The number of amides is 2. The largest absolute Gasteiger partial charge is 0.508 e. The first-order chi connectivity index (χ1) is 28.3. The van der Waals surface area contributed by atoms with Crippen molar-refractivity contribution in [2.75, 3.05) is 32.1 Å². The Bertz CT molecular complexity index is 2520. The molecule has 1 atom stereocenters. The van der Waals surface area contributed by atoms with Crippen LogP contribution >= 0.6 is 0 Å². The first-order valence-corrected chi connectivity index (χ1v) is 24.3. The average molecular weight is 854 g/mol. The average Bonchev–Trinajstić information content (AvgIpc) is 3.22. The van der Waals surface area contributed by atoms with E-state index in [9.17, 15) is 28.2 Å². The summed E-state index contributed by atoms with van der Waals surface area (Å²) in [6, 6.07) is 21.2. The minimum absolute atomic E-state index is 0.0227. The first kappa shape index (κ1) is 44.2. The Labute approximate surface area is 353 Å². The molecule has 1 aliphatic rings. The zero-order valence-electron chi connectivity index (χ0n) is 35.2. The number of piperidine rings is 1. The van der Waals surface area contributed by atoms with Crippen LogP contribution in [0.15, 0.2) is 94.9 Å². The van der Waals surface area contributed by atoms with Crippen LogP contribution in [0.4, 0.5) is 11.4 Å². The Balaban J connectivity index is 1.13. The molecule has 5 aromatic rings. The number of nitrogens with one attached hydrogen (secondary N) is 2. The summed E-state index contributed by atoms with van der Waals surface area (Å²) < 4.78 is 40.2. The number of benzene rings is 4. The van der Waals surface area contributed by atoms with Crippen molar-refractivity contribution >= 4 is 52.2 Å². The zero-order valence-corrected chi connectivity index (χ0v) is 37.0. The number of aromatic hydroxyl groups is 1. The van der Waals surface area contributed by atoms with Crippen molar-refractivity contribution in [3.05, 3.63) is 113 Å². The number of aliphatic hydroxyl groups is 1. The van der Waals surface area contributed by atoms with Crippen LogP contribution in [0, 0.1) is 6.92 Å². The number of methoxy groups -OCH3 is 1. The Morgan fingerprint density at radius 2 is 1.72 bits per heavy atom. The second-order valence-electron chi connectivity index (χ2n) is 16.9. The maximum atomic E-state index is 14.2. The van der Waals surface area contributed by atoms with Gasteiger partial charge in [0.2, 0.25) is 9.84 Å². The number of primary amides is 1. The lowest BCUT2D eigenvalue weighted by Gasteiger charge is -2.36. The molecule has 4 aromatic carbocycles. The molecule has 1 saturated heterocycles. The number of carbonyl (C=O) groups is 2. The number of anilines is 2. The van der Waals surface area contributed by atoms with E-state index < -0.39 is 30.2 Å². The summed E-state index contributed by atoms with van der Waals surface area (Å²) in [7, 11) is -4.66. The number of phenolic OH excluding ortho intramolecular Hbond substituents is 1. The molecule has 15 heteroatoms. The monoisotopic (exact) mass is 853 g/mol. The summed E-state index contributed by atoms with van der Waals surface area (Å²) in [5, 5.41) is 28.6. The van der Waals surface area contributed by atoms with Gasteiger partial charge in [0.1, 0.15) is 11.5 Å². The second kappa shape index (κ2) is 17.7. The number of aliphatic hydroxyl groups excluding tert-OH is 1. The SMILES string of the molecule is COc1cccc(Nc2c(C(N)=O)cnc3c(C)cc(S(=O)(=O)c4cccc(C(=O)N5CCC(NCC(O)c6ccc(O)c(CO[Si](C)(C)C(C)(C)C)c6)CC5)c4)cc23)c1. The number of phenols is 1. The Morgan fingerprint density at radius 1 is 1.00 bits per heavy atom. The minimum atomic E-state index is -4.16. The predicted octanol–water partition coefficient (Wildman–Crippen LogP) is 7.38. The molecular weight excluding hydrogens is 799 g/mol. The van der Waals surface area contributed by atoms with Crippen molar-refractivity contribution in [3.63, 3.8) is 0 Å². The van der Waals surface area contributed by atoms with Crippen molar-refractivity contribution < 1.29 is 37.4 Å². The molecule has 1 unspecified atom stereocenters. The van der Waals surface area contributed by atoms with Gasteiger partial charge in [-0.05, 0) is 104 Å². The minimum Gasteiger partial charge on any atom is -0.508 e. The fourth-order valence-corrected chi connectivity index (χ4v) is 9.34. The lowest BCUT2D eigenvalue weighted by atomic mass is 10.0. The predicted molar refractivity (Wildman–Crippen MR) is 235 cm³/mol. The third-order valence-electron chi connectivity index (χ3n) is 11.7. The molecule has 0 aliphatic carbocycles. The maximum absolute atomic E-state index is 14.2. The first-order valence-electron chi connectivity index (χ1n) is 19.9. The normalized spacial score (nSPS) is 14.6. The molecule has 1 aliphatic heterocycles. The van der Waals surface area contributed by atoms with Crippen molar-refractivity contribution in [1.82, 2.24) is 15.2 Å². The van der Waals surface area contributed by atoms with Gasteiger partial charge in [-0.2, -0.15) is 0 Å². The van der Waals surface area contributed by atoms with Crippen LogP contribution in [0.2, 0.25) is 18.1 Å². The lowest BCUT2D eigenvalue weighted by molar-refractivity contribution is 0.0697. The highest BCUT2D eigenvalue weighted by atomic mass is 32.2. The second-order valence-corrected chi connectivity index (χ2v) is 23.6. The maximum Gasteiger partial charge on any atom is 0.253 e. The van der Waals surface area contributed by atoms with Gasteiger partial charge in [0.15, 0.2) is 8.32 Å². The molecule has 6 rings (SSSR count). The van der Waals surface area contributed by atoms with E-state index in [2.05, 4.69) is 49.5 Å². The summed E-state index contributed by atoms with van der Waals surface area (Å²) in [6.07, 6.45) is 1.83. The van der Waals surface area contributed by atoms with Crippen molar-refractivity contribution in [2.45, 2.75) is 87.2 Å². The van der Waals surface area contributed by atoms with Crippen LogP contribution in [-0.2, 0) is 20.9 Å². The molecule has 0 saturated carbocycles. The molecule has 1 fully saturated rings. The fraction of sp³-hybridized carbons (Fsp3) is 0.356. The van der Waals surface area contributed by atoms with Crippen LogP contribution in [0.5, 0.6) is 11.5 Å². The standard InChI is InChI=1S/C45H55N5O8SSi/c1-28-20-36(24-37-41(28)48-25-38(43(46)53)42(37)49-33-11-9-12-34(23-33)57-5)59(55,56)35-13-8-10-30(22-35)44(54)50-18-16-32(17-19-50)47-26-40(52)29-14-15-39(51)31(21-29)27-58-60(6,7)45(2,3)4/h8-15,20-25,32,40,47,51-52H,16-19,26-27H2,1-7H3,(H2,46,53)(H,48,49). The smallest absolute Gasteiger partial charge is 0.253 e. The number of rotatable bonds is 14. The summed E-state index contributed by atoms with van der Waals surface area (Å²) in [5.41, 5.74) is 9.31. The van der Waals surface area contributed by atoms with Gasteiger partial charge in [0, 0.05) is 60.1 Å². The van der Waals surface area contributed by atoms with E-state index in [1.165, 1.54) is 37.6 Å². The summed E-state index contributed by atoms with van der Waals surface area (Å²) in [4.78, 5) is 32.4. The summed E-state index contributed by atoms with van der Waals surface area (Å²) >= 11 is 0. The molecule has 318 valence electrons. The number of aromatic nitrogens is 1. The third-order valence-corrected chi connectivity index (χ3v) is 17.9. The summed E-state index contributed by atoms with van der Waals surface area (Å²) in [6.45, 7) is 14.0. The van der Waals surface area contributed by atoms with Crippen LogP contribution in [-0.4, -0.2) is 81.4 Å². The van der Waals surface area contributed by atoms with Gasteiger partial charge >= 0.3 is 0 Å². The number of sulfone groups is 1. The van der Waals surface area contributed by atoms with Gasteiger partial charge in [-0.25, -0.2) is 8.42 Å². The van der Waals surface area contributed by atoms with E-state index in [-0.39, 0.29) is 50.3 Å². The molecular formula is C45H55N5O8SSi. The van der Waals surface area contributed by atoms with E-state index in [0.29, 0.717) is 77.2 Å². The highest BCUT2D eigenvalue weighted by molar-refractivity contribution is 7.91. The summed E-state index contributed by atoms with van der Waals surface area (Å²) in [5.74, 6) is -0.312. The number of carbonyl (C=O) groups excluding carboxylic acids is 2. The number of nitrogens with two attached hydrogens (primary N) is 1. The van der Waals surface area contributed by atoms with Gasteiger partial charge in [-0.3, -0.25) is 14.6 Å². The van der Waals surface area contributed by atoms with Crippen LogP contribution in [0.1, 0.15) is 77.1 Å². The fourth-order valence-electron chi connectivity index (χ4n) is 6.97. The Kier molecular flexibility index (Phi) is 13.1. The number of likely N-dealkylation sites (tertiary alicyclic amines) is 1. The molecule has 0 spiro atoms. The van der Waals surface area contributed by atoms with Crippen LogP contribution in [0.25, 0.3) is 10.9 Å². The Hall–Kier alpha value is -5.32. The molecule has 2 amide bonds. The van der Waals surface area contributed by atoms with Crippen molar-refractivity contribution in [3.8, 4) is 11.5 Å². The number of fused-ring (bicyclic) bond motifs is 1. The third kappa shape index (κ3) is 9.66. The van der Waals surface area contributed by atoms with Gasteiger partial charge in [-0.1, -0.05) is 39.0 Å². The Morgan fingerprint density at radius 3 is 2.40 bits per heavy atom. The van der Waals surface area contributed by atoms with Gasteiger partial charge in [-0.15, -0.1) is 0 Å². The van der Waals surface area contributed by atoms with E-state index in [1.807, 2.05) is 0 Å². The number of aryl methyl sites for hydroxylation is 1. The van der Waals surface area contributed by atoms with Crippen molar-refractivity contribution in [2.24, 2.45) is 5.73 Å². The molecule has 0 bridgehead atoms. The quantitative estimate of drug-likeness (QED) is 0.0700. The van der Waals surface area contributed by atoms with Crippen LogP contribution < -0.4 is 21.1 Å². The molecule has 60 heavy (non-hydrogen) atoms. The highest BCUT2D eigenvalue weighted by Gasteiger charge is 2.37. The molecule has 13 nitrogen and oxygen atoms in total. The van der Waals surface area contributed by atoms with Gasteiger partial charge < -0.3 is 40.6 Å². The number of hydrogen-bond acceptors (Lipinski definition) is 11. The van der Waals surface area contributed by atoms with Gasteiger partial charge in [0.25, 0.3) is 11.8 Å². The van der Waals surface area contributed by atoms with E-state index in [1.54, 1.807) is 66.4 Å². The molecule has 1 aromatic heterocycles. The number of hydrogen-bond donors (Lipinski definition) is 5. The lowest BCUT2D eigenvalue weighted by Crippen LogP contribution is -2.45. The topological polar surface area (TPSA) is 193 Å². The molecule has 0 radical (unpaired) electrons.